The molecule has 1 aromatic heterocycles. The second kappa shape index (κ2) is 7.24. The van der Waals surface area contributed by atoms with Gasteiger partial charge in [-0.3, -0.25) is 4.79 Å². The molecule has 1 heterocycles. The van der Waals surface area contributed by atoms with Crippen molar-refractivity contribution in [1.82, 2.24) is 15.2 Å². The smallest absolute Gasteiger partial charge is 0.255 e. The normalized spacial score (nSPS) is 15.6. The van der Waals surface area contributed by atoms with E-state index >= 15 is 0 Å². The molecule has 5 heteroatoms. The van der Waals surface area contributed by atoms with Crippen LogP contribution in [-0.4, -0.2) is 49.0 Å². The number of pyridine rings is 1. The number of hydrogen-bond acceptors (Lipinski definition) is 4. The van der Waals surface area contributed by atoms with E-state index in [1.807, 2.05) is 0 Å². The Bertz CT molecular complexity index is 443. The van der Waals surface area contributed by atoms with Crippen LogP contribution in [0.25, 0.3) is 0 Å². The van der Waals surface area contributed by atoms with Gasteiger partial charge in [-0.25, -0.2) is 4.98 Å². The summed E-state index contributed by atoms with van der Waals surface area (Å²) in [5, 5.41) is 5.91. The molecule has 0 bridgehead atoms. The third-order valence-electron chi connectivity index (χ3n) is 3.99. The maximum absolute atomic E-state index is 12.1. The quantitative estimate of drug-likeness (QED) is 0.831. The van der Waals surface area contributed by atoms with E-state index in [0.29, 0.717) is 24.0 Å². The molecule has 1 amide bonds. The lowest BCUT2D eigenvalue weighted by Crippen LogP contribution is -2.37. The Labute approximate surface area is 120 Å². The average Bonchev–Trinajstić information content (AvgIpc) is 3.01. The number of rotatable bonds is 6. The van der Waals surface area contributed by atoms with Crippen molar-refractivity contribution in [2.24, 2.45) is 0 Å². The third-order valence-corrected chi connectivity index (χ3v) is 3.99. The Morgan fingerprint density at radius 1 is 1.45 bits per heavy atom. The van der Waals surface area contributed by atoms with Crippen LogP contribution in [0, 0.1) is 0 Å². The number of amides is 1. The van der Waals surface area contributed by atoms with E-state index < -0.39 is 0 Å². The summed E-state index contributed by atoms with van der Waals surface area (Å²) >= 11 is 0. The molecule has 0 radical (unpaired) electrons. The van der Waals surface area contributed by atoms with Crippen LogP contribution in [0.4, 0.5) is 5.82 Å². The van der Waals surface area contributed by atoms with Gasteiger partial charge < -0.3 is 15.5 Å². The van der Waals surface area contributed by atoms with E-state index in [1.54, 1.807) is 25.4 Å². The molecular weight excluding hydrogens is 252 g/mol. The van der Waals surface area contributed by atoms with Gasteiger partial charge in [0.05, 0.1) is 5.56 Å². The molecule has 0 aromatic carbocycles. The van der Waals surface area contributed by atoms with E-state index in [4.69, 9.17) is 0 Å². The van der Waals surface area contributed by atoms with E-state index in [-0.39, 0.29) is 5.91 Å². The van der Waals surface area contributed by atoms with Gasteiger partial charge in [-0.05, 0) is 32.0 Å². The van der Waals surface area contributed by atoms with Crippen molar-refractivity contribution < 1.29 is 4.79 Å². The first kappa shape index (κ1) is 14.8. The van der Waals surface area contributed by atoms with Crippen LogP contribution in [0.3, 0.4) is 0 Å². The highest BCUT2D eigenvalue weighted by Crippen LogP contribution is 2.21. The molecule has 0 spiro atoms. The van der Waals surface area contributed by atoms with Crippen LogP contribution in [0.15, 0.2) is 18.3 Å². The van der Waals surface area contributed by atoms with Crippen molar-refractivity contribution in [2.45, 2.75) is 31.7 Å². The van der Waals surface area contributed by atoms with Crippen LogP contribution in [0.2, 0.25) is 0 Å². The molecule has 0 saturated heterocycles. The molecule has 1 aliphatic rings. The van der Waals surface area contributed by atoms with E-state index in [1.165, 1.54) is 25.7 Å². The highest BCUT2D eigenvalue weighted by molar-refractivity contribution is 5.98. The highest BCUT2D eigenvalue weighted by Gasteiger charge is 2.19. The predicted molar refractivity (Wildman–Crippen MR) is 81.0 cm³/mol. The summed E-state index contributed by atoms with van der Waals surface area (Å²) in [5.41, 5.74) is 0.596. The first-order valence-electron chi connectivity index (χ1n) is 7.33. The summed E-state index contributed by atoms with van der Waals surface area (Å²) in [6.07, 6.45) is 6.93. The summed E-state index contributed by atoms with van der Waals surface area (Å²) in [6.45, 7) is 1.56. The minimum atomic E-state index is -0.0673. The zero-order chi connectivity index (χ0) is 14.4. The lowest BCUT2D eigenvalue weighted by Gasteiger charge is -2.23. The van der Waals surface area contributed by atoms with Gasteiger partial charge in [0.15, 0.2) is 0 Å². The van der Waals surface area contributed by atoms with Gasteiger partial charge in [0, 0.05) is 32.4 Å². The Hall–Kier alpha value is -1.62. The second-order valence-corrected chi connectivity index (χ2v) is 5.32. The van der Waals surface area contributed by atoms with Gasteiger partial charge >= 0.3 is 0 Å². The average molecular weight is 276 g/mol. The van der Waals surface area contributed by atoms with Crippen molar-refractivity contribution in [2.75, 3.05) is 32.5 Å². The van der Waals surface area contributed by atoms with E-state index in [0.717, 1.165) is 6.54 Å². The lowest BCUT2D eigenvalue weighted by atomic mass is 10.2. The molecule has 2 N–H and O–H groups in total. The molecule has 5 nitrogen and oxygen atoms in total. The number of hydrogen-bond donors (Lipinski definition) is 2. The van der Waals surface area contributed by atoms with Gasteiger partial charge in [0.25, 0.3) is 5.91 Å². The van der Waals surface area contributed by atoms with Gasteiger partial charge in [-0.15, -0.1) is 0 Å². The Balaban J connectivity index is 1.80. The van der Waals surface area contributed by atoms with Crippen LogP contribution in [-0.2, 0) is 0 Å². The minimum Gasteiger partial charge on any atom is -0.372 e. The topological polar surface area (TPSA) is 57.3 Å². The van der Waals surface area contributed by atoms with Crippen molar-refractivity contribution in [1.29, 1.82) is 0 Å². The number of carbonyl (C=O) groups is 1. The number of aromatic nitrogens is 1. The molecule has 0 aliphatic heterocycles. The van der Waals surface area contributed by atoms with Crippen LogP contribution < -0.4 is 10.6 Å². The predicted octanol–water partition coefficient (Wildman–Crippen LogP) is 1.73. The van der Waals surface area contributed by atoms with Gasteiger partial charge in [0.2, 0.25) is 0 Å². The molecule has 1 saturated carbocycles. The lowest BCUT2D eigenvalue weighted by molar-refractivity contribution is 0.0947. The number of nitrogens with one attached hydrogen (secondary N) is 2. The van der Waals surface area contributed by atoms with E-state index in [2.05, 4.69) is 27.6 Å². The Morgan fingerprint density at radius 3 is 2.90 bits per heavy atom. The van der Waals surface area contributed by atoms with Crippen molar-refractivity contribution in [3.8, 4) is 0 Å². The fourth-order valence-electron chi connectivity index (χ4n) is 2.76. The van der Waals surface area contributed by atoms with Crippen molar-refractivity contribution in [3.05, 3.63) is 23.9 Å². The molecule has 1 fully saturated rings. The summed E-state index contributed by atoms with van der Waals surface area (Å²) in [7, 11) is 3.91. The largest absolute Gasteiger partial charge is 0.372 e. The first-order chi connectivity index (χ1) is 9.72. The molecular formula is C15H24N4O. The number of carbonyl (C=O) groups excluding carboxylic acids is 1. The van der Waals surface area contributed by atoms with Gasteiger partial charge in [-0.1, -0.05) is 12.8 Å². The summed E-state index contributed by atoms with van der Waals surface area (Å²) in [5.74, 6) is 0.552. The molecule has 110 valence electrons. The summed E-state index contributed by atoms with van der Waals surface area (Å²) < 4.78 is 0. The Kier molecular flexibility index (Phi) is 5.35. The van der Waals surface area contributed by atoms with Crippen molar-refractivity contribution in [3.63, 3.8) is 0 Å². The fraction of sp³-hybridized carbons (Fsp3) is 0.600. The standard InChI is InChI=1S/C15H24N4O/c1-16-14-13(8-5-9-17-14)15(20)18-10-11-19(2)12-6-3-4-7-12/h5,8-9,12H,3-4,6-7,10-11H2,1-2H3,(H,16,17)(H,18,20). The van der Waals surface area contributed by atoms with Crippen LogP contribution in [0.5, 0.6) is 0 Å². The number of nitrogens with zero attached hydrogens (tertiary/aromatic N) is 2. The number of likely N-dealkylation sites (N-methyl/N-ethyl adjacent to an activating group) is 1. The van der Waals surface area contributed by atoms with Gasteiger partial charge in [0.1, 0.15) is 5.82 Å². The van der Waals surface area contributed by atoms with Crippen molar-refractivity contribution >= 4 is 11.7 Å². The minimum absolute atomic E-state index is 0.0673. The molecule has 1 aliphatic carbocycles. The monoisotopic (exact) mass is 276 g/mol. The molecule has 0 unspecified atom stereocenters. The molecule has 2 rings (SSSR count). The third kappa shape index (κ3) is 3.70. The van der Waals surface area contributed by atoms with Gasteiger partial charge in [-0.2, -0.15) is 0 Å². The molecule has 0 atom stereocenters. The zero-order valence-corrected chi connectivity index (χ0v) is 12.4. The second-order valence-electron chi connectivity index (χ2n) is 5.32. The number of anilines is 1. The summed E-state index contributed by atoms with van der Waals surface area (Å²) in [6, 6.07) is 4.26. The maximum atomic E-state index is 12.1. The fourth-order valence-corrected chi connectivity index (χ4v) is 2.76. The zero-order valence-electron chi connectivity index (χ0n) is 12.4. The maximum Gasteiger partial charge on any atom is 0.255 e. The van der Waals surface area contributed by atoms with E-state index in [9.17, 15) is 4.79 Å². The van der Waals surface area contributed by atoms with Crippen LogP contribution in [0.1, 0.15) is 36.0 Å². The molecule has 1 aromatic rings. The summed E-state index contributed by atoms with van der Waals surface area (Å²) in [4.78, 5) is 18.6. The van der Waals surface area contributed by atoms with Crippen LogP contribution >= 0.6 is 0 Å². The first-order valence-corrected chi connectivity index (χ1v) is 7.33. The molecule has 20 heavy (non-hydrogen) atoms. The Morgan fingerprint density at radius 2 is 2.20 bits per heavy atom. The SMILES string of the molecule is CNc1ncccc1C(=O)NCCN(C)C1CCCC1. The highest BCUT2D eigenvalue weighted by atomic mass is 16.1.